The third-order valence-corrected chi connectivity index (χ3v) is 4.85. The van der Waals surface area contributed by atoms with Crippen LogP contribution in [0.5, 0.6) is 0 Å². The van der Waals surface area contributed by atoms with Crippen LogP contribution in [0, 0.1) is 0 Å². The van der Waals surface area contributed by atoms with Crippen molar-refractivity contribution in [3.05, 3.63) is 53.9 Å². The number of aromatic amines is 1. The van der Waals surface area contributed by atoms with Crippen molar-refractivity contribution >= 4 is 21.6 Å². The van der Waals surface area contributed by atoms with Crippen LogP contribution in [-0.2, 0) is 15.8 Å². The maximum absolute atomic E-state index is 12.1. The molecule has 6 nitrogen and oxygen atoms in total. The Morgan fingerprint density at radius 3 is 2.70 bits per heavy atom. The number of nitrogens with one attached hydrogen (secondary N) is 3. The topological polar surface area (TPSA) is 91.1 Å². The zero-order valence-electron chi connectivity index (χ0n) is 13.2. The molecule has 1 atom stereocenters. The Labute approximate surface area is 136 Å². The summed E-state index contributed by atoms with van der Waals surface area (Å²) in [6.45, 7) is 3.74. The number of sulfonamides is 1. The number of anilines is 1. The second kappa shape index (κ2) is 7.43. The van der Waals surface area contributed by atoms with E-state index in [9.17, 15) is 13.2 Å². The maximum Gasteiger partial charge on any atom is 0.272 e. The lowest BCUT2D eigenvalue weighted by Gasteiger charge is -2.12. The zero-order valence-corrected chi connectivity index (χ0v) is 14.0. The number of amides is 1. The van der Waals surface area contributed by atoms with Crippen molar-refractivity contribution in [3.8, 4) is 0 Å². The van der Waals surface area contributed by atoms with Crippen LogP contribution in [0.4, 0.5) is 5.69 Å². The van der Waals surface area contributed by atoms with Gasteiger partial charge in [0, 0.05) is 17.9 Å². The molecule has 3 N–H and O–H groups in total. The summed E-state index contributed by atoms with van der Waals surface area (Å²) in [4.78, 5) is 14.8. The molecule has 1 aromatic heterocycles. The summed E-state index contributed by atoms with van der Waals surface area (Å²) in [6.07, 6.45) is 2.39. The summed E-state index contributed by atoms with van der Waals surface area (Å²) in [5.74, 6) is -0.392. The summed E-state index contributed by atoms with van der Waals surface area (Å²) in [5, 5.41) is 2.74. The van der Waals surface area contributed by atoms with E-state index in [0.717, 1.165) is 6.42 Å². The van der Waals surface area contributed by atoms with E-state index >= 15 is 0 Å². The van der Waals surface area contributed by atoms with E-state index in [1.165, 1.54) is 0 Å². The number of benzene rings is 1. The maximum atomic E-state index is 12.1. The van der Waals surface area contributed by atoms with Gasteiger partial charge in [0.25, 0.3) is 5.91 Å². The van der Waals surface area contributed by atoms with Crippen LogP contribution in [0.15, 0.2) is 42.6 Å². The van der Waals surface area contributed by atoms with Crippen molar-refractivity contribution in [1.82, 2.24) is 9.71 Å². The van der Waals surface area contributed by atoms with Gasteiger partial charge in [-0.2, -0.15) is 0 Å². The predicted octanol–water partition coefficient (Wildman–Crippen LogP) is 2.48. The van der Waals surface area contributed by atoms with Gasteiger partial charge in [0.15, 0.2) is 0 Å². The summed E-state index contributed by atoms with van der Waals surface area (Å²) < 4.78 is 26.8. The Morgan fingerprint density at radius 1 is 1.26 bits per heavy atom. The Hall–Kier alpha value is -2.12. The fourth-order valence-electron chi connectivity index (χ4n) is 2.06. The molecule has 1 amide bonds. The SMILES string of the molecule is CCC(C)NS(=O)(=O)Cc1cccc(NC(=O)c2ccc[nH]2)c1. The molecule has 1 aromatic carbocycles. The highest BCUT2D eigenvalue weighted by atomic mass is 32.2. The lowest BCUT2D eigenvalue weighted by atomic mass is 10.2. The molecule has 0 bridgehead atoms. The Balaban J connectivity index is 2.06. The highest BCUT2D eigenvalue weighted by Crippen LogP contribution is 2.14. The fourth-order valence-corrected chi connectivity index (χ4v) is 3.54. The van der Waals surface area contributed by atoms with Gasteiger partial charge in [-0.25, -0.2) is 13.1 Å². The van der Waals surface area contributed by atoms with Crippen LogP contribution in [0.1, 0.15) is 36.3 Å². The minimum absolute atomic E-state index is 0.101. The minimum Gasteiger partial charge on any atom is -0.357 e. The molecule has 0 spiro atoms. The van der Waals surface area contributed by atoms with Crippen LogP contribution in [0.25, 0.3) is 0 Å². The van der Waals surface area contributed by atoms with E-state index in [2.05, 4.69) is 15.0 Å². The number of H-pyrrole nitrogens is 1. The van der Waals surface area contributed by atoms with E-state index < -0.39 is 10.0 Å². The smallest absolute Gasteiger partial charge is 0.272 e. The molecule has 0 saturated carbocycles. The summed E-state index contributed by atoms with van der Waals surface area (Å²) in [5.41, 5.74) is 1.62. The van der Waals surface area contributed by atoms with Crippen molar-refractivity contribution in [2.24, 2.45) is 0 Å². The molecule has 0 radical (unpaired) electrons. The number of hydrogen-bond donors (Lipinski definition) is 3. The zero-order chi connectivity index (χ0) is 16.9. The second-order valence-corrected chi connectivity index (χ2v) is 7.18. The third-order valence-electron chi connectivity index (χ3n) is 3.38. The minimum atomic E-state index is -3.40. The fraction of sp³-hybridized carbons (Fsp3) is 0.312. The van der Waals surface area contributed by atoms with Crippen molar-refractivity contribution in [1.29, 1.82) is 0 Å². The van der Waals surface area contributed by atoms with Crippen molar-refractivity contribution in [2.45, 2.75) is 32.1 Å². The molecule has 7 heteroatoms. The van der Waals surface area contributed by atoms with E-state index in [1.54, 1.807) is 42.6 Å². The molecule has 23 heavy (non-hydrogen) atoms. The number of rotatable bonds is 7. The highest BCUT2D eigenvalue weighted by molar-refractivity contribution is 7.88. The average Bonchev–Trinajstić information content (AvgIpc) is 3.00. The first-order valence-electron chi connectivity index (χ1n) is 7.43. The number of hydrogen-bond acceptors (Lipinski definition) is 3. The van der Waals surface area contributed by atoms with Gasteiger partial charge in [-0.1, -0.05) is 19.1 Å². The number of aromatic nitrogens is 1. The van der Waals surface area contributed by atoms with Crippen molar-refractivity contribution in [3.63, 3.8) is 0 Å². The van der Waals surface area contributed by atoms with Gasteiger partial charge in [0.1, 0.15) is 5.69 Å². The molecule has 124 valence electrons. The first kappa shape index (κ1) is 17.2. The quantitative estimate of drug-likeness (QED) is 0.726. The molecular weight excluding hydrogens is 314 g/mol. The van der Waals surface area contributed by atoms with Crippen LogP contribution in [0.3, 0.4) is 0 Å². The number of carbonyl (C=O) groups excluding carboxylic acids is 1. The Morgan fingerprint density at radius 2 is 2.04 bits per heavy atom. The third kappa shape index (κ3) is 5.22. The monoisotopic (exact) mass is 335 g/mol. The number of carbonyl (C=O) groups is 1. The van der Waals surface area contributed by atoms with E-state index in [4.69, 9.17) is 0 Å². The molecular formula is C16H21N3O3S. The Bertz CT molecular complexity index is 755. The first-order valence-corrected chi connectivity index (χ1v) is 9.08. The molecule has 2 rings (SSSR count). The van der Waals surface area contributed by atoms with Gasteiger partial charge < -0.3 is 10.3 Å². The van der Waals surface area contributed by atoms with Crippen LogP contribution in [-0.4, -0.2) is 25.4 Å². The van der Waals surface area contributed by atoms with Gasteiger partial charge in [-0.3, -0.25) is 4.79 Å². The van der Waals surface area contributed by atoms with Crippen molar-refractivity contribution < 1.29 is 13.2 Å². The molecule has 1 unspecified atom stereocenters. The van der Waals surface area contributed by atoms with E-state index in [1.807, 2.05) is 13.8 Å². The van der Waals surface area contributed by atoms with Crippen LogP contribution in [0.2, 0.25) is 0 Å². The molecule has 2 aromatic rings. The largest absolute Gasteiger partial charge is 0.357 e. The lowest BCUT2D eigenvalue weighted by molar-refractivity contribution is 0.102. The van der Waals surface area contributed by atoms with Crippen LogP contribution < -0.4 is 10.0 Å². The summed E-state index contributed by atoms with van der Waals surface area (Å²) in [6, 6.07) is 10.1. The van der Waals surface area contributed by atoms with Gasteiger partial charge >= 0.3 is 0 Å². The predicted molar refractivity (Wildman–Crippen MR) is 90.7 cm³/mol. The summed E-state index contributed by atoms with van der Waals surface area (Å²) in [7, 11) is -3.40. The normalized spacial score (nSPS) is 12.8. The molecule has 0 aliphatic heterocycles. The molecule has 0 aliphatic rings. The lowest BCUT2D eigenvalue weighted by Crippen LogP contribution is -2.32. The van der Waals surface area contributed by atoms with E-state index in [0.29, 0.717) is 16.9 Å². The second-order valence-electron chi connectivity index (χ2n) is 5.42. The molecule has 0 saturated heterocycles. The average molecular weight is 335 g/mol. The highest BCUT2D eigenvalue weighted by Gasteiger charge is 2.15. The van der Waals surface area contributed by atoms with Gasteiger partial charge in [0.2, 0.25) is 10.0 Å². The molecule has 0 fully saturated rings. The molecule has 1 heterocycles. The first-order chi connectivity index (χ1) is 10.9. The molecule has 0 aliphatic carbocycles. The summed E-state index contributed by atoms with van der Waals surface area (Å²) >= 11 is 0. The van der Waals surface area contributed by atoms with Gasteiger partial charge in [-0.15, -0.1) is 0 Å². The van der Waals surface area contributed by atoms with Crippen LogP contribution >= 0.6 is 0 Å². The van der Waals surface area contributed by atoms with E-state index in [-0.39, 0.29) is 17.7 Å². The van der Waals surface area contributed by atoms with Gasteiger partial charge in [0.05, 0.1) is 5.75 Å². The Kier molecular flexibility index (Phi) is 5.57. The standard InChI is InChI=1S/C16H21N3O3S/c1-3-12(2)19-23(21,22)11-13-6-4-7-14(10-13)18-16(20)15-8-5-9-17-15/h4-10,12,17,19H,3,11H2,1-2H3,(H,18,20). The van der Waals surface area contributed by atoms with Crippen molar-refractivity contribution in [2.75, 3.05) is 5.32 Å². The van der Waals surface area contributed by atoms with Gasteiger partial charge in [-0.05, 0) is 43.2 Å².